The number of nitrogens with zero attached hydrogens (tertiary/aromatic N) is 5. The van der Waals surface area contributed by atoms with Gasteiger partial charge in [0.25, 0.3) is 0 Å². The Morgan fingerprint density at radius 2 is 1.70 bits per heavy atom. The monoisotopic (exact) mass is 289 g/mol. The largest absolute Gasteiger partial charge is 0.369 e. The minimum absolute atomic E-state index is 0.221. The van der Waals surface area contributed by atoms with Gasteiger partial charge in [-0.25, -0.2) is 9.97 Å². The molecule has 5 nitrogen and oxygen atoms in total. The molecule has 6 heteroatoms. The number of hydrogen-bond donors (Lipinski definition) is 0. The zero-order valence-electron chi connectivity index (χ0n) is 11.3. The minimum Gasteiger partial charge on any atom is -0.369 e. The van der Waals surface area contributed by atoms with E-state index in [1.165, 1.54) is 12.0 Å². The number of likely N-dealkylation sites (N-methyl/N-ethyl adjacent to an activating group) is 1. The van der Waals surface area contributed by atoms with Gasteiger partial charge in [0.15, 0.2) is 5.82 Å². The van der Waals surface area contributed by atoms with Crippen LogP contribution in [0, 0.1) is 0 Å². The molecule has 0 amide bonds. The fraction of sp³-hybridized carbons (Fsp3) is 0.357. The Kier molecular flexibility index (Phi) is 3.80. The van der Waals surface area contributed by atoms with E-state index in [2.05, 4.69) is 43.9 Å². The summed E-state index contributed by atoms with van der Waals surface area (Å²) in [6.07, 6.45) is 1.43. The molecule has 0 radical (unpaired) electrons. The second kappa shape index (κ2) is 5.73. The molecule has 0 N–H and O–H groups in total. The van der Waals surface area contributed by atoms with E-state index in [4.69, 9.17) is 11.6 Å². The third-order valence-corrected chi connectivity index (χ3v) is 3.72. The molecule has 0 saturated carbocycles. The first-order chi connectivity index (χ1) is 9.72. The van der Waals surface area contributed by atoms with Gasteiger partial charge in [-0.15, -0.1) is 0 Å². The van der Waals surface area contributed by atoms with E-state index >= 15 is 0 Å². The van der Waals surface area contributed by atoms with Crippen molar-refractivity contribution in [1.29, 1.82) is 0 Å². The van der Waals surface area contributed by atoms with Gasteiger partial charge in [-0.05, 0) is 42.9 Å². The van der Waals surface area contributed by atoms with Gasteiger partial charge in [-0.3, -0.25) is 0 Å². The molecular formula is C14H16ClN5. The van der Waals surface area contributed by atoms with Crippen LogP contribution < -0.4 is 4.90 Å². The van der Waals surface area contributed by atoms with Crippen molar-refractivity contribution < 1.29 is 0 Å². The highest BCUT2D eigenvalue weighted by atomic mass is 35.5. The number of rotatable bonds is 2. The Balaban J connectivity index is 1.78. The summed E-state index contributed by atoms with van der Waals surface area (Å²) in [7, 11) is 2.16. The van der Waals surface area contributed by atoms with Gasteiger partial charge in [-0.2, -0.15) is 4.98 Å². The summed E-state index contributed by atoms with van der Waals surface area (Å²) in [6, 6.07) is 8.27. The highest BCUT2D eigenvalue weighted by molar-refractivity contribution is 6.28. The van der Waals surface area contributed by atoms with E-state index in [0.29, 0.717) is 5.82 Å². The fourth-order valence-electron chi connectivity index (χ4n) is 2.30. The van der Waals surface area contributed by atoms with E-state index in [1.54, 1.807) is 0 Å². The lowest BCUT2D eigenvalue weighted by atomic mass is 10.1. The molecule has 1 aromatic heterocycles. The molecule has 0 spiro atoms. The summed E-state index contributed by atoms with van der Waals surface area (Å²) in [4.78, 5) is 16.8. The number of anilines is 1. The van der Waals surface area contributed by atoms with Crippen LogP contribution in [0.5, 0.6) is 0 Å². The van der Waals surface area contributed by atoms with E-state index in [0.717, 1.165) is 31.7 Å². The number of piperazine rings is 1. The molecule has 2 aromatic rings. The van der Waals surface area contributed by atoms with Crippen LogP contribution >= 0.6 is 11.6 Å². The quantitative estimate of drug-likeness (QED) is 0.845. The summed E-state index contributed by atoms with van der Waals surface area (Å²) < 4.78 is 0. The second-order valence-electron chi connectivity index (χ2n) is 4.92. The standard InChI is InChI=1S/C14H16ClN5/c1-19-6-8-20(9-7-19)12-4-2-11(3-5-12)13-16-10-17-14(15)18-13/h2-5,10H,6-9H2,1H3. The number of benzene rings is 1. The van der Waals surface area contributed by atoms with Crippen LogP contribution in [-0.2, 0) is 0 Å². The molecule has 1 saturated heterocycles. The molecule has 0 aliphatic carbocycles. The molecule has 1 fully saturated rings. The van der Waals surface area contributed by atoms with Gasteiger partial charge >= 0.3 is 0 Å². The SMILES string of the molecule is CN1CCN(c2ccc(-c3ncnc(Cl)n3)cc2)CC1. The van der Waals surface area contributed by atoms with Crippen LogP contribution in [0.3, 0.4) is 0 Å². The molecule has 1 aliphatic heterocycles. The van der Waals surface area contributed by atoms with Gasteiger partial charge in [0.2, 0.25) is 5.28 Å². The molecule has 2 heterocycles. The topological polar surface area (TPSA) is 45.2 Å². The van der Waals surface area contributed by atoms with Crippen molar-refractivity contribution in [3.8, 4) is 11.4 Å². The van der Waals surface area contributed by atoms with Crippen LogP contribution in [-0.4, -0.2) is 53.1 Å². The van der Waals surface area contributed by atoms with Crippen molar-refractivity contribution in [3.63, 3.8) is 0 Å². The molecule has 0 unspecified atom stereocenters. The van der Waals surface area contributed by atoms with E-state index in [9.17, 15) is 0 Å². The van der Waals surface area contributed by atoms with Crippen LogP contribution in [0.25, 0.3) is 11.4 Å². The van der Waals surface area contributed by atoms with Crippen LogP contribution in [0.4, 0.5) is 5.69 Å². The highest BCUT2D eigenvalue weighted by Crippen LogP contribution is 2.21. The van der Waals surface area contributed by atoms with Gasteiger partial charge in [-0.1, -0.05) is 0 Å². The molecule has 1 aromatic carbocycles. The smallest absolute Gasteiger partial charge is 0.225 e. The molecular weight excluding hydrogens is 274 g/mol. The first-order valence-corrected chi connectivity index (χ1v) is 6.98. The van der Waals surface area contributed by atoms with Crippen molar-refractivity contribution >= 4 is 17.3 Å². The number of hydrogen-bond acceptors (Lipinski definition) is 5. The van der Waals surface area contributed by atoms with Gasteiger partial charge < -0.3 is 9.80 Å². The summed E-state index contributed by atoms with van der Waals surface area (Å²) in [5.74, 6) is 0.606. The zero-order chi connectivity index (χ0) is 13.9. The molecule has 0 bridgehead atoms. The molecule has 1 aliphatic rings. The van der Waals surface area contributed by atoms with Crippen LogP contribution in [0.1, 0.15) is 0 Å². The van der Waals surface area contributed by atoms with Crippen molar-refractivity contribution in [2.75, 3.05) is 38.1 Å². The second-order valence-corrected chi connectivity index (χ2v) is 5.25. The van der Waals surface area contributed by atoms with Crippen molar-refractivity contribution in [1.82, 2.24) is 19.9 Å². The lowest BCUT2D eigenvalue weighted by Crippen LogP contribution is -2.44. The van der Waals surface area contributed by atoms with Crippen LogP contribution in [0.2, 0.25) is 5.28 Å². The van der Waals surface area contributed by atoms with Gasteiger partial charge in [0, 0.05) is 37.4 Å². The Labute approximate surface area is 123 Å². The zero-order valence-corrected chi connectivity index (χ0v) is 12.1. The number of aromatic nitrogens is 3. The average molecular weight is 290 g/mol. The maximum Gasteiger partial charge on any atom is 0.225 e. The van der Waals surface area contributed by atoms with Gasteiger partial charge in [0.1, 0.15) is 6.33 Å². The maximum absolute atomic E-state index is 5.79. The Morgan fingerprint density at radius 3 is 2.35 bits per heavy atom. The third-order valence-electron chi connectivity index (χ3n) is 3.54. The summed E-state index contributed by atoms with van der Waals surface area (Å²) in [5, 5.41) is 0.221. The van der Waals surface area contributed by atoms with Gasteiger partial charge in [0.05, 0.1) is 0 Å². The maximum atomic E-state index is 5.79. The number of halogens is 1. The third kappa shape index (κ3) is 2.89. The predicted molar refractivity (Wildman–Crippen MR) is 80.0 cm³/mol. The first-order valence-electron chi connectivity index (χ1n) is 6.61. The summed E-state index contributed by atoms with van der Waals surface area (Å²) in [5.41, 5.74) is 2.19. The summed E-state index contributed by atoms with van der Waals surface area (Å²) in [6.45, 7) is 4.33. The Hall–Kier alpha value is -1.72. The Bertz CT molecular complexity index is 578. The van der Waals surface area contributed by atoms with E-state index < -0.39 is 0 Å². The Morgan fingerprint density at radius 1 is 1.00 bits per heavy atom. The first kappa shape index (κ1) is 13.3. The minimum atomic E-state index is 0.221. The van der Waals surface area contributed by atoms with E-state index in [1.807, 2.05) is 12.1 Å². The van der Waals surface area contributed by atoms with Crippen molar-refractivity contribution in [2.45, 2.75) is 0 Å². The molecule has 3 rings (SSSR count). The van der Waals surface area contributed by atoms with Crippen molar-refractivity contribution in [2.24, 2.45) is 0 Å². The molecule has 104 valence electrons. The fourth-order valence-corrected chi connectivity index (χ4v) is 2.43. The van der Waals surface area contributed by atoms with Crippen molar-refractivity contribution in [3.05, 3.63) is 35.9 Å². The average Bonchev–Trinajstić information content (AvgIpc) is 2.48. The summed E-state index contributed by atoms with van der Waals surface area (Å²) >= 11 is 5.79. The molecule has 20 heavy (non-hydrogen) atoms. The van der Waals surface area contributed by atoms with Crippen LogP contribution in [0.15, 0.2) is 30.6 Å². The lowest BCUT2D eigenvalue weighted by molar-refractivity contribution is 0.313. The van der Waals surface area contributed by atoms with E-state index in [-0.39, 0.29) is 5.28 Å². The molecule has 0 atom stereocenters. The predicted octanol–water partition coefficient (Wildman–Crippen LogP) is 1.94. The highest BCUT2D eigenvalue weighted by Gasteiger charge is 2.14. The lowest BCUT2D eigenvalue weighted by Gasteiger charge is -2.34. The normalized spacial score (nSPS) is 16.4.